The molecule has 0 spiro atoms. The average molecular weight is 221 g/mol. The summed E-state index contributed by atoms with van der Waals surface area (Å²) < 4.78 is 0. The highest BCUT2D eigenvalue weighted by Gasteiger charge is 2.13. The maximum absolute atomic E-state index is 11.7. The summed E-state index contributed by atoms with van der Waals surface area (Å²) in [5, 5.41) is 10.6. The molecule has 0 aromatic heterocycles. The van der Waals surface area contributed by atoms with Gasteiger partial charge in [-0.15, -0.1) is 0 Å². The summed E-state index contributed by atoms with van der Waals surface area (Å²) in [4.78, 5) is 21.8. The maximum Gasteiger partial charge on any atom is 0.272 e. The van der Waals surface area contributed by atoms with Crippen molar-refractivity contribution in [3.05, 3.63) is 39.4 Å². The van der Waals surface area contributed by atoms with Gasteiger partial charge < -0.3 is 0 Å². The first-order chi connectivity index (χ1) is 7.56. The Morgan fingerprint density at radius 2 is 2.12 bits per heavy atom. The van der Waals surface area contributed by atoms with Crippen molar-refractivity contribution in [3.8, 4) is 0 Å². The van der Waals surface area contributed by atoms with Crippen molar-refractivity contribution < 1.29 is 9.72 Å². The van der Waals surface area contributed by atoms with Crippen LogP contribution in [0, 0.1) is 17.0 Å². The highest BCUT2D eigenvalue weighted by molar-refractivity contribution is 5.96. The third-order valence-electron chi connectivity index (χ3n) is 2.47. The standard InChI is InChI=1S/C12H15NO3/c1-3-4-5-12(14)10-6-7-11(13(15)16)9(2)8-10/h6-8H,3-5H2,1-2H3. The molecule has 0 atom stereocenters. The van der Waals surface area contributed by atoms with Gasteiger partial charge in [0.05, 0.1) is 4.92 Å². The SMILES string of the molecule is CCCCC(=O)c1ccc([N+](=O)[O-])c(C)c1. The number of hydrogen-bond acceptors (Lipinski definition) is 3. The number of nitro benzene ring substituents is 1. The first kappa shape index (κ1) is 12.4. The molecule has 16 heavy (non-hydrogen) atoms. The number of carbonyl (C=O) groups is 1. The maximum atomic E-state index is 11.7. The van der Waals surface area contributed by atoms with E-state index >= 15 is 0 Å². The van der Waals surface area contributed by atoms with E-state index in [1.807, 2.05) is 6.92 Å². The Labute approximate surface area is 94.4 Å². The quantitative estimate of drug-likeness (QED) is 0.435. The summed E-state index contributed by atoms with van der Waals surface area (Å²) in [5.41, 5.74) is 1.16. The van der Waals surface area contributed by atoms with Crippen molar-refractivity contribution in [1.82, 2.24) is 0 Å². The van der Waals surface area contributed by atoms with E-state index in [9.17, 15) is 14.9 Å². The Kier molecular flexibility index (Phi) is 4.17. The number of hydrogen-bond donors (Lipinski definition) is 0. The molecule has 0 radical (unpaired) electrons. The number of carbonyl (C=O) groups excluding carboxylic acids is 1. The summed E-state index contributed by atoms with van der Waals surface area (Å²) in [6.45, 7) is 3.67. The van der Waals surface area contributed by atoms with Gasteiger partial charge in [0.25, 0.3) is 5.69 Å². The number of unbranched alkanes of at least 4 members (excludes halogenated alkanes) is 1. The lowest BCUT2D eigenvalue weighted by Gasteiger charge is -2.02. The van der Waals surface area contributed by atoms with Gasteiger partial charge in [-0.1, -0.05) is 13.3 Å². The molecule has 0 saturated carbocycles. The van der Waals surface area contributed by atoms with Gasteiger partial charge in [-0.25, -0.2) is 0 Å². The Balaban J connectivity index is 2.88. The number of nitro groups is 1. The fourth-order valence-corrected chi connectivity index (χ4v) is 1.52. The van der Waals surface area contributed by atoms with Crippen LogP contribution in [0.1, 0.15) is 42.1 Å². The number of Topliss-reactive ketones (excluding diaryl/α,β-unsaturated/α-hetero) is 1. The van der Waals surface area contributed by atoms with Gasteiger partial charge in [0.15, 0.2) is 5.78 Å². The lowest BCUT2D eigenvalue weighted by molar-refractivity contribution is -0.385. The fraction of sp³-hybridized carbons (Fsp3) is 0.417. The Hall–Kier alpha value is -1.71. The van der Waals surface area contributed by atoms with Crippen molar-refractivity contribution in [2.45, 2.75) is 33.1 Å². The smallest absolute Gasteiger partial charge is 0.272 e. The van der Waals surface area contributed by atoms with Crippen LogP contribution in [-0.2, 0) is 0 Å². The molecular formula is C12H15NO3. The van der Waals surface area contributed by atoms with Crippen LogP contribution in [0.15, 0.2) is 18.2 Å². The summed E-state index contributed by atoms with van der Waals surface area (Å²) >= 11 is 0. The number of aryl methyl sites for hydroxylation is 1. The summed E-state index contributed by atoms with van der Waals surface area (Å²) in [7, 11) is 0. The predicted molar refractivity (Wildman–Crippen MR) is 61.7 cm³/mol. The molecule has 4 heteroatoms. The number of rotatable bonds is 5. The minimum Gasteiger partial charge on any atom is -0.294 e. The van der Waals surface area contributed by atoms with E-state index in [1.54, 1.807) is 13.0 Å². The molecule has 0 saturated heterocycles. The minimum atomic E-state index is -0.435. The Bertz CT molecular complexity index is 413. The molecule has 1 aromatic carbocycles. The van der Waals surface area contributed by atoms with Gasteiger partial charge in [0.2, 0.25) is 0 Å². The van der Waals surface area contributed by atoms with E-state index in [2.05, 4.69) is 0 Å². The summed E-state index contributed by atoms with van der Waals surface area (Å²) in [6.07, 6.45) is 2.33. The topological polar surface area (TPSA) is 60.2 Å². The predicted octanol–water partition coefficient (Wildman–Crippen LogP) is 3.28. The Morgan fingerprint density at radius 1 is 1.44 bits per heavy atom. The number of nitrogens with zero attached hydrogens (tertiary/aromatic N) is 1. The van der Waals surface area contributed by atoms with Gasteiger partial charge in [-0.2, -0.15) is 0 Å². The number of ketones is 1. The molecule has 0 aliphatic carbocycles. The van der Waals surface area contributed by atoms with Gasteiger partial charge >= 0.3 is 0 Å². The van der Waals surface area contributed by atoms with Crippen LogP contribution in [-0.4, -0.2) is 10.7 Å². The average Bonchev–Trinajstić information content (AvgIpc) is 2.25. The zero-order chi connectivity index (χ0) is 12.1. The van der Waals surface area contributed by atoms with E-state index in [-0.39, 0.29) is 11.5 Å². The van der Waals surface area contributed by atoms with E-state index in [0.29, 0.717) is 17.5 Å². The normalized spacial score (nSPS) is 10.1. The van der Waals surface area contributed by atoms with Gasteiger partial charge in [0.1, 0.15) is 0 Å². The number of benzene rings is 1. The molecule has 0 unspecified atom stereocenters. The van der Waals surface area contributed by atoms with Gasteiger partial charge in [-0.3, -0.25) is 14.9 Å². The van der Waals surface area contributed by atoms with E-state index < -0.39 is 4.92 Å². The molecule has 0 amide bonds. The Morgan fingerprint density at radius 3 is 2.62 bits per heavy atom. The van der Waals surface area contributed by atoms with Gasteiger partial charge in [-0.05, 0) is 25.5 Å². The molecule has 0 aliphatic heterocycles. The monoisotopic (exact) mass is 221 g/mol. The van der Waals surface area contributed by atoms with E-state index in [4.69, 9.17) is 0 Å². The van der Waals surface area contributed by atoms with E-state index in [1.165, 1.54) is 12.1 Å². The first-order valence-corrected chi connectivity index (χ1v) is 5.34. The molecule has 0 N–H and O–H groups in total. The fourth-order valence-electron chi connectivity index (χ4n) is 1.52. The zero-order valence-electron chi connectivity index (χ0n) is 9.53. The van der Waals surface area contributed by atoms with Crippen LogP contribution in [0.5, 0.6) is 0 Å². The largest absolute Gasteiger partial charge is 0.294 e. The molecule has 0 fully saturated rings. The molecule has 1 aromatic rings. The molecule has 0 heterocycles. The van der Waals surface area contributed by atoms with Crippen LogP contribution >= 0.6 is 0 Å². The van der Waals surface area contributed by atoms with Crippen LogP contribution in [0.4, 0.5) is 5.69 Å². The molecular weight excluding hydrogens is 206 g/mol. The van der Waals surface area contributed by atoms with Crippen molar-refractivity contribution in [2.24, 2.45) is 0 Å². The highest BCUT2D eigenvalue weighted by Crippen LogP contribution is 2.19. The van der Waals surface area contributed by atoms with E-state index in [0.717, 1.165) is 12.8 Å². The molecule has 0 bridgehead atoms. The summed E-state index contributed by atoms with van der Waals surface area (Å²) in [6, 6.07) is 4.52. The van der Waals surface area contributed by atoms with Crippen LogP contribution < -0.4 is 0 Å². The van der Waals surface area contributed by atoms with Crippen molar-refractivity contribution in [1.29, 1.82) is 0 Å². The van der Waals surface area contributed by atoms with Crippen molar-refractivity contribution in [3.63, 3.8) is 0 Å². The highest BCUT2D eigenvalue weighted by atomic mass is 16.6. The van der Waals surface area contributed by atoms with Crippen LogP contribution in [0.3, 0.4) is 0 Å². The molecule has 1 rings (SSSR count). The third-order valence-corrected chi connectivity index (χ3v) is 2.47. The third kappa shape index (κ3) is 2.89. The second-order valence-corrected chi connectivity index (χ2v) is 3.79. The van der Waals surface area contributed by atoms with Crippen molar-refractivity contribution >= 4 is 11.5 Å². The second kappa shape index (κ2) is 5.39. The second-order valence-electron chi connectivity index (χ2n) is 3.79. The van der Waals surface area contributed by atoms with Crippen LogP contribution in [0.2, 0.25) is 0 Å². The summed E-state index contributed by atoms with van der Waals surface area (Å²) in [5.74, 6) is 0.0554. The van der Waals surface area contributed by atoms with Crippen molar-refractivity contribution in [2.75, 3.05) is 0 Å². The molecule has 86 valence electrons. The first-order valence-electron chi connectivity index (χ1n) is 5.34. The zero-order valence-corrected chi connectivity index (χ0v) is 9.53. The van der Waals surface area contributed by atoms with Crippen LogP contribution in [0.25, 0.3) is 0 Å². The van der Waals surface area contributed by atoms with Gasteiger partial charge in [0, 0.05) is 23.6 Å². The minimum absolute atomic E-state index is 0.0554. The molecule has 4 nitrogen and oxygen atoms in total. The lowest BCUT2D eigenvalue weighted by atomic mass is 10.0. The molecule has 0 aliphatic rings. The lowest BCUT2D eigenvalue weighted by Crippen LogP contribution is -2.00.